The number of halogens is 1. The first-order valence-electron chi connectivity index (χ1n) is 6.24. The molecular weight excluding hydrogens is 294 g/mol. The van der Waals surface area contributed by atoms with Gasteiger partial charge in [0.15, 0.2) is 0 Å². The van der Waals surface area contributed by atoms with Crippen LogP contribution in [0.25, 0.3) is 0 Å². The topological polar surface area (TPSA) is 45.2 Å². The third-order valence-corrected chi connectivity index (χ3v) is 3.60. The minimum absolute atomic E-state index is 0.0714. The highest BCUT2D eigenvalue weighted by atomic mass is 79.9. The van der Waals surface area contributed by atoms with Gasteiger partial charge in [-0.2, -0.15) is 0 Å². The molecule has 18 heavy (non-hydrogen) atoms. The molecule has 4 nitrogen and oxygen atoms in total. The number of rotatable bonds is 3. The van der Waals surface area contributed by atoms with E-state index in [1.165, 1.54) is 0 Å². The smallest absolute Gasteiger partial charge is 0.217 e. The molecule has 0 saturated carbocycles. The minimum atomic E-state index is 0.0714. The predicted molar refractivity (Wildman–Crippen MR) is 74.1 cm³/mol. The van der Waals surface area contributed by atoms with Gasteiger partial charge in [0.25, 0.3) is 0 Å². The van der Waals surface area contributed by atoms with Crippen LogP contribution in [-0.2, 0) is 11.3 Å². The van der Waals surface area contributed by atoms with Crippen molar-refractivity contribution >= 4 is 21.8 Å². The van der Waals surface area contributed by atoms with Crippen LogP contribution >= 0.6 is 15.9 Å². The van der Waals surface area contributed by atoms with Crippen molar-refractivity contribution in [2.45, 2.75) is 32.4 Å². The fraction of sp³-hybridized carbons (Fsp3) is 0.538. The van der Waals surface area contributed by atoms with Crippen LogP contribution in [0.15, 0.2) is 22.8 Å². The molecule has 0 radical (unpaired) electrons. The Morgan fingerprint density at radius 1 is 1.50 bits per heavy atom. The molecule has 0 atom stereocenters. The number of amides is 1. The second kappa shape index (κ2) is 6.29. The lowest BCUT2D eigenvalue weighted by atomic mass is 10.0. The molecule has 1 aliphatic rings. The summed E-state index contributed by atoms with van der Waals surface area (Å²) in [5.74, 6) is 0.0714. The number of hydrogen-bond acceptors (Lipinski definition) is 3. The molecule has 2 heterocycles. The monoisotopic (exact) mass is 311 g/mol. The Hall–Kier alpha value is -0.940. The molecule has 1 aromatic heterocycles. The summed E-state index contributed by atoms with van der Waals surface area (Å²) < 4.78 is 0.883. The van der Waals surface area contributed by atoms with E-state index < -0.39 is 0 Å². The van der Waals surface area contributed by atoms with E-state index in [0.29, 0.717) is 6.04 Å². The number of likely N-dealkylation sites (tertiary alicyclic amines) is 1. The fourth-order valence-corrected chi connectivity index (χ4v) is 2.67. The molecule has 0 aromatic carbocycles. The highest BCUT2D eigenvalue weighted by Crippen LogP contribution is 2.14. The van der Waals surface area contributed by atoms with Crippen LogP contribution in [0.2, 0.25) is 0 Å². The summed E-state index contributed by atoms with van der Waals surface area (Å²) in [7, 11) is 0. The molecule has 0 bridgehead atoms. The van der Waals surface area contributed by atoms with E-state index in [1.54, 1.807) is 6.92 Å². The Kier molecular flexibility index (Phi) is 4.72. The van der Waals surface area contributed by atoms with Gasteiger partial charge < -0.3 is 5.32 Å². The molecule has 1 aliphatic heterocycles. The SMILES string of the molecule is CC(=O)NC1CCN(Cc2cccc(Br)n2)CC1. The highest BCUT2D eigenvalue weighted by Gasteiger charge is 2.19. The maximum absolute atomic E-state index is 11.0. The van der Waals surface area contributed by atoms with Gasteiger partial charge in [-0.3, -0.25) is 9.69 Å². The zero-order valence-corrected chi connectivity index (χ0v) is 12.1. The summed E-state index contributed by atoms with van der Waals surface area (Å²) in [6.45, 7) is 4.49. The van der Waals surface area contributed by atoms with Gasteiger partial charge >= 0.3 is 0 Å². The Bertz CT molecular complexity index is 416. The van der Waals surface area contributed by atoms with Gasteiger partial charge in [-0.15, -0.1) is 0 Å². The van der Waals surface area contributed by atoms with Crippen molar-refractivity contribution in [1.29, 1.82) is 0 Å². The predicted octanol–water partition coefficient (Wildman–Crippen LogP) is 1.94. The van der Waals surface area contributed by atoms with E-state index in [-0.39, 0.29) is 5.91 Å². The van der Waals surface area contributed by atoms with Gasteiger partial charge in [0, 0.05) is 32.6 Å². The van der Waals surface area contributed by atoms with Gasteiger partial charge in [-0.25, -0.2) is 4.98 Å². The number of pyridine rings is 1. The standard InChI is InChI=1S/C13H18BrN3O/c1-10(18)15-11-5-7-17(8-6-11)9-12-3-2-4-13(14)16-12/h2-4,11H,5-9H2,1H3,(H,15,18). The molecule has 1 N–H and O–H groups in total. The van der Waals surface area contributed by atoms with Gasteiger partial charge in [0.1, 0.15) is 4.60 Å². The zero-order valence-electron chi connectivity index (χ0n) is 10.5. The summed E-state index contributed by atoms with van der Waals surface area (Å²) in [4.78, 5) is 17.8. The molecule has 1 fully saturated rings. The molecule has 1 amide bonds. The van der Waals surface area contributed by atoms with E-state index >= 15 is 0 Å². The summed E-state index contributed by atoms with van der Waals surface area (Å²) in [6.07, 6.45) is 2.04. The average Bonchev–Trinajstić information content (AvgIpc) is 2.31. The Labute approximate surface area is 116 Å². The molecule has 2 rings (SSSR count). The molecule has 0 unspecified atom stereocenters. The first-order chi connectivity index (χ1) is 8.63. The lowest BCUT2D eigenvalue weighted by molar-refractivity contribution is -0.119. The molecule has 1 saturated heterocycles. The van der Waals surface area contributed by atoms with Crippen LogP contribution in [0.4, 0.5) is 0 Å². The van der Waals surface area contributed by atoms with Crippen LogP contribution < -0.4 is 5.32 Å². The van der Waals surface area contributed by atoms with Crippen LogP contribution in [-0.4, -0.2) is 34.9 Å². The van der Waals surface area contributed by atoms with E-state index in [4.69, 9.17) is 0 Å². The normalized spacial score (nSPS) is 17.7. The van der Waals surface area contributed by atoms with E-state index in [2.05, 4.69) is 31.1 Å². The fourth-order valence-electron chi connectivity index (χ4n) is 2.29. The first kappa shape index (κ1) is 13.5. The van der Waals surface area contributed by atoms with Crippen molar-refractivity contribution in [3.63, 3.8) is 0 Å². The second-order valence-corrected chi connectivity index (χ2v) is 5.52. The summed E-state index contributed by atoms with van der Waals surface area (Å²) in [5.41, 5.74) is 1.09. The molecular formula is C13H18BrN3O. The van der Waals surface area contributed by atoms with Crippen molar-refractivity contribution in [1.82, 2.24) is 15.2 Å². The maximum atomic E-state index is 11.0. The van der Waals surface area contributed by atoms with E-state index in [1.807, 2.05) is 18.2 Å². The Morgan fingerprint density at radius 3 is 2.83 bits per heavy atom. The van der Waals surface area contributed by atoms with Crippen LogP contribution in [0.1, 0.15) is 25.5 Å². The minimum Gasteiger partial charge on any atom is -0.354 e. The Morgan fingerprint density at radius 2 is 2.22 bits per heavy atom. The maximum Gasteiger partial charge on any atom is 0.217 e. The summed E-state index contributed by atoms with van der Waals surface area (Å²) in [5, 5.41) is 2.99. The van der Waals surface area contributed by atoms with Crippen molar-refractivity contribution in [2.75, 3.05) is 13.1 Å². The lowest BCUT2D eigenvalue weighted by Crippen LogP contribution is -2.43. The third kappa shape index (κ3) is 4.07. The van der Waals surface area contributed by atoms with Crippen molar-refractivity contribution in [3.05, 3.63) is 28.5 Å². The molecule has 98 valence electrons. The highest BCUT2D eigenvalue weighted by molar-refractivity contribution is 9.10. The number of aromatic nitrogens is 1. The van der Waals surface area contributed by atoms with Gasteiger partial charge in [0.2, 0.25) is 5.91 Å². The lowest BCUT2D eigenvalue weighted by Gasteiger charge is -2.31. The van der Waals surface area contributed by atoms with Gasteiger partial charge in [0.05, 0.1) is 5.69 Å². The number of nitrogens with zero attached hydrogens (tertiary/aromatic N) is 2. The number of hydrogen-bond donors (Lipinski definition) is 1. The molecule has 0 spiro atoms. The van der Waals surface area contributed by atoms with Gasteiger partial charge in [-0.1, -0.05) is 6.07 Å². The van der Waals surface area contributed by atoms with Crippen molar-refractivity contribution < 1.29 is 4.79 Å². The van der Waals surface area contributed by atoms with Crippen LogP contribution in [0.3, 0.4) is 0 Å². The average molecular weight is 312 g/mol. The number of nitrogens with one attached hydrogen (secondary N) is 1. The number of carbonyl (C=O) groups excluding carboxylic acids is 1. The number of piperidine rings is 1. The summed E-state index contributed by atoms with van der Waals surface area (Å²) >= 11 is 3.39. The number of carbonyl (C=O) groups is 1. The zero-order chi connectivity index (χ0) is 13.0. The molecule has 1 aromatic rings. The Balaban J connectivity index is 1.81. The van der Waals surface area contributed by atoms with Crippen molar-refractivity contribution in [2.24, 2.45) is 0 Å². The quantitative estimate of drug-likeness (QED) is 0.868. The first-order valence-corrected chi connectivity index (χ1v) is 7.03. The van der Waals surface area contributed by atoms with E-state index in [0.717, 1.165) is 42.8 Å². The van der Waals surface area contributed by atoms with Crippen LogP contribution in [0, 0.1) is 0 Å². The van der Waals surface area contributed by atoms with Crippen LogP contribution in [0.5, 0.6) is 0 Å². The van der Waals surface area contributed by atoms with Gasteiger partial charge in [-0.05, 0) is 40.9 Å². The molecule has 5 heteroatoms. The summed E-state index contributed by atoms with van der Waals surface area (Å²) in [6, 6.07) is 6.34. The van der Waals surface area contributed by atoms with Crippen molar-refractivity contribution in [3.8, 4) is 0 Å². The largest absolute Gasteiger partial charge is 0.354 e. The van der Waals surface area contributed by atoms with E-state index in [9.17, 15) is 4.79 Å². The molecule has 0 aliphatic carbocycles. The third-order valence-electron chi connectivity index (χ3n) is 3.15. The second-order valence-electron chi connectivity index (χ2n) is 4.70.